The van der Waals surface area contributed by atoms with Crippen LogP contribution >= 0.6 is 0 Å². The van der Waals surface area contributed by atoms with Crippen molar-refractivity contribution in [2.45, 2.75) is 46.2 Å². The molecule has 2 aromatic heterocycles. The molecule has 0 fully saturated rings. The number of likely N-dealkylation sites (N-methyl/N-ethyl adjacent to an activating group) is 1. The summed E-state index contributed by atoms with van der Waals surface area (Å²) in [7, 11) is 2.11. The maximum atomic E-state index is 11.9. The average Bonchev–Trinajstić information content (AvgIpc) is 3.25. The zero-order valence-electron chi connectivity index (χ0n) is 21.8. The maximum Gasteiger partial charge on any atom is 0.490 e. The van der Waals surface area contributed by atoms with Gasteiger partial charge in [0.1, 0.15) is 11.6 Å². The first-order chi connectivity index (χ1) is 18.3. The van der Waals surface area contributed by atoms with Crippen LogP contribution in [0.3, 0.4) is 0 Å². The summed E-state index contributed by atoms with van der Waals surface area (Å²) in [6.45, 7) is 8.41. The van der Waals surface area contributed by atoms with E-state index in [0.717, 1.165) is 36.7 Å². The van der Waals surface area contributed by atoms with Crippen molar-refractivity contribution in [3.63, 3.8) is 0 Å². The molecule has 0 spiro atoms. The number of alkyl halides is 6. The molecule has 0 unspecified atom stereocenters. The number of imidazole rings is 1. The Morgan fingerprint density at radius 3 is 1.88 bits per heavy atom. The summed E-state index contributed by atoms with van der Waals surface area (Å²) >= 11 is 0. The van der Waals surface area contributed by atoms with Gasteiger partial charge in [0.25, 0.3) is 5.56 Å². The lowest BCUT2D eigenvalue weighted by molar-refractivity contribution is -0.193. The van der Waals surface area contributed by atoms with E-state index >= 15 is 0 Å². The minimum absolute atomic E-state index is 0.0777. The van der Waals surface area contributed by atoms with Crippen LogP contribution in [0.5, 0.6) is 0 Å². The van der Waals surface area contributed by atoms with E-state index in [4.69, 9.17) is 19.8 Å². The number of rotatable bonds is 6. The second-order valence-corrected chi connectivity index (χ2v) is 8.33. The number of hydrogen-bond donors (Lipinski definition) is 3. The molecule has 0 aliphatic rings. The number of aromatic nitrogens is 4. The lowest BCUT2D eigenvalue weighted by atomic mass is 10.1. The van der Waals surface area contributed by atoms with Crippen LogP contribution in [0.4, 0.5) is 26.3 Å². The Balaban J connectivity index is 0.000000473. The third kappa shape index (κ3) is 11.3. The molecule has 0 saturated carbocycles. The van der Waals surface area contributed by atoms with Gasteiger partial charge in [-0.15, -0.1) is 0 Å². The summed E-state index contributed by atoms with van der Waals surface area (Å²) < 4.78 is 65.6. The van der Waals surface area contributed by atoms with Crippen LogP contribution in [-0.2, 0) is 22.7 Å². The van der Waals surface area contributed by atoms with E-state index in [9.17, 15) is 31.1 Å². The van der Waals surface area contributed by atoms with Crippen LogP contribution in [0, 0.1) is 20.8 Å². The fourth-order valence-corrected chi connectivity index (χ4v) is 2.86. The molecule has 0 radical (unpaired) electrons. The van der Waals surface area contributed by atoms with Crippen LogP contribution in [0.15, 0.2) is 41.5 Å². The van der Waals surface area contributed by atoms with E-state index < -0.39 is 24.3 Å². The number of aliphatic carboxylic acids is 2. The summed E-state index contributed by atoms with van der Waals surface area (Å²) in [5.41, 5.74) is 3.50. The molecule has 0 aliphatic heterocycles. The first-order valence-electron chi connectivity index (χ1n) is 11.3. The lowest BCUT2D eigenvalue weighted by Crippen LogP contribution is -2.23. The average molecular weight is 579 g/mol. The van der Waals surface area contributed by atoms with E-state index in [1.807, 2.05) is 38.4 Å². The van der Waals surface area contributed by atoms with Crippen molar-refractivity contribution in [1.29, 1.82) is 0 Å². The standard InChI is InChI=1S/C20H25N5O.2C2HF3O2/c1-14-15(2)22-19(23-20(14)26)18-7-5-17(6-8-18)13-24(4)11-12-25-10-9-21-16(25)3;2*3-2(4,5)1(6)7/h5-10H,11-13H2,1-4H3,(H,22,23,26);2*(H,6,7). The summed E-state index contributed by atoms with van der Waals surface area (Å²) in [6, 6.07) is 8.19. The topological polar surface area (TPSA) is 141 Å². The number of aromatic amines is 1. The molecule has 3 rings (SSSR count). The molecule has 2 heterocycles. The zero-order chi connectivity index (χ0) is 30.8. The molecule has 3 aromatic rings. The van der Waals surface area contributed by atoms with Gasteiger partial charge in [0.2, 0.25) is 0 Å². The highest BCUT2D eigenvalue weighted by molar-refractivity contribution is 5.73. The monoisotopic (exact) mass is 579 g/mol. The Bertz CT molecular complexity index is 1310. The smallest absolute Gasteiger partial charge is 0.475 e. The van der Waals surface area contributed by atoms with E-state index in [2.05, 4.69) is 43.6 Å². The Kier molecular flexibility index (Phi) is 12.1. The highest BCUT2D eigenvalue weighted by Crippen LogP contribution is 2.17. The predicted molar refractivity (Wildman–Crippen MR) is 130 cm³/mol. The Morgan fingerprint density at radius 1 is 0.975 bits per heavy atom. The Hall–Kier alpha value is -4.21. The van der Waals surface area contributed by atoms with Gasteiger partial charge in [-0.2, -0.15) is 26.3 Å². The molecule has 40 heavy (non-hydrogen) atoms. The number of hydrogen-bond acceptors (Lipinski definition) is 6. The number of carbonyl (C=O) groups is 2. The molecule has 16 heteroatoms. The van der Waals surface area contributed by atoms with Crippen molar-refractivity contribution < 1.29 is 46.1 Å². The molecule has 1 aromatic carbocycles. The maximum absolute atomic E-state index is 11.9. The van der Waals surface area contributed by atoms with Crippen molar-refractivity contribution in [3.8, 4) is 11.4 Å². The van der Waals surface area contributed by atoms with Gasteiger partial charge in [0, 0.05) is 48.8 Å². The van der Waals surface area contributed by atoms with E-state index in [1.54, 1.807) is 6.92 Å². The van der Waals surface area contributed by atoms with E-state index in [0.29, 0.717) is 11.4 Å². The SMILES string of the molecule is Cc1nc(-c2ccc(CN(C)CCn3ccnc3C)cc2)[nH]c(=O)c1C.O=C(O)C(F)(F)F.O=C(O)C(F)(F)F. The molecular formula is C24H27F6N5O5. The number of carboxylic acids is 2. The second kappa shape index (κ2) is 14.3. The number of nitrogens with zero attached hydrogens (tertiary/aromatic N) is 4. The molecule has 0 bridgehead atoms. The van der Waals surface area contributed by atoms with Gasteiger partial charge in [0.15, 0.2) is 0 Å². The zero-order valence-corrected chi connectivity index (χ0v) is 21.8. The van der Waals surface area contributed by atoms with Gasteiger partial charge in [-0.1, -0.05) is 24.3 Å². The van der Waals surface area contributed by atoms with Crippen molar-refractivity contribution in [2.75, 3.05) is 13.6 Å². The molecule has 10 nitrogen and oxygen atoms in total. The minimum Gasteiger partial charge on any atom is -0.475 e. The second-order valence-electron chi connectivity index (χ2n) is 8.33. The first kappa shape index (κ1) is 33.8. The predicted octanol–water partition coefficient (Wildman–Crippen LogP) is 3.96. The molecule has 0 amide bonds. The Morgan fingerprint density at radius 2 is 1.48 bits per heavy atom. The number of halogens is 6. The van der Waals surface area contributed by atoms with Gasteiger partial charge in [-0.25, -0.2) is 19.6 Å². The van der Waals surface area contributed by atoms with Crippen molar-refractivity contribution in [1.82, 2.24) is 24.4 Å². The lowest BCUT2D eigenvalue weighted by Gasteiger charge is -2.17. The first-order valence-corrected chi connectivity index (χ1v) is 11.3. The van der Waals surface area contributed by atoms with E-state index in [1.165, 1.54) is 5.56 Å². The van der Waals surface area contributed by atoms with Gasteiger partial charge in [-0.05, 0) is 33.4 Å². The van der Waals surface area contributed by atoms with Crippen molar-refractivity contribution in [2.24, 2.45) is 0 Å². The number of benzene rings is 1. The van der Waals surface area contributed by atoms with E-state index in [-0.39, 0.29) is 5.56 Å². The molecule has 0 atom stereocenters. The summed E-state index contributed by atoms with van der Waals surface area (Å²) in [5.74, 6) is -3.86. The normalized spacial score (nSPS) is 11.3. The largest absolute Gasteiger partial charge is 0.490 e. The Labute approximate surface area is 223 Å². The summed E-state index contributed by atoms with van der Waals surface area (Å²) in [6.07, 6.45) is -6.32. The number of aryl methyl sites for hydroxylation is 2. The number of carboxylic acid groups (broad SMARTS) is 2. The van der Waals surface area contributed by atoms with Gasteiger partial charge >= 0.3 is 24.3 Å². The fraction of sp³-hybridized carbons (Fsp3) is 0.375. The van der Waals surface area contributed by atoms with Crippen LogP contribution in [0.2, 0.25) is 0 Å². The molecular weight excluding hydrogens is 552 g/mol. The van der Waals surface area contributed by atoms with Gasteiger partial charge in [-0.3, -0.25) is 4.79 Å². The van der Waals surface area contributed by atoms with Crippen LogP contribution in [0.1, 0.15) is 22.6 Å². The molecule has 220 valence electrons. The third-order valence-corrected chi connectivity index (χ3v) is 5.21. The van der Waals surface area contributed by atoms with Gasteiger partial charge < -0.3 is 24.7 Å². The molecule has 3 N–H and O–H groups in total. The highest BCUT2D eigenvalue weighted by atomic mass is 19.4. The molecule has 0 aliphatic carbocycles. The van der Waals surface area contributed by atoms with Crippen LogP contribution < -0.4 is 5.56 Å². The minimum atomic E-state index is -5.08. The van der Waals surface area contributed by atoms with Crippen molar-refractivity contribution >= 4 is 11.9 Å². The summed E-state index contributed by atoms with van der Waals surface area (Å²) in [4.78, 5) is 43.6. The van der Waals surface area contributed by atoms with Crippen LogP contribution in [-0.4, -0.2) is 72.5 Å². The van der Waals surface area contributed by atoms with Crippen LogP contribution in [0.25, 0.3) is 11.4 Å². The summed E-state index contributed by atoms with van der Waals surface area (Å²) in [5, 5.41) is 14.2. The highest BCUT2D eigenvalue weighted by Gasteiger charge is 2.38. The number of nitrogens with one attached hydrogen (secondary N) is 1. The quantitative estimate of drug-likeness (QED) is 0.373. The van der Waals surface area contributed by atoms with Gasteiger partial charge in [0.05, 0.1) is 0 Å². The van der Waals surface area contributed by atoms with Crippen molar-refractivity contribution in [3.05, 3.63) is 69.7 Å². The molecule has 0 saturated heterocycles. The third-order valence-electron chi connectivity index (χ3n) is 5.21. The fourth-order valence-electron chi connectivity index (χ4n) is 2.86. The number of H-pyrrole nitrogens is 1.